The van der Waals surface area contributed by atoms with E-state index in [1.165, 1.54) is 0 Å². The summed E-state index contributed by atoms with van der Waals surface area (Å²) >= 11 is 0. The Labute approximate surface area is 187 Å². The van der Waals surface area contributed by atoms with Gasteiger partial charge < -0.3 is 19.9 Å². The number of aromatic nitrogens is 2. The van der Waals surface area contributed by atoms with Crippen LogP contribution >= 0.6 is 0 Å². The fraction of sp³-hybridized carbons (Fsp3) is 0.417. The molecule has 0 unspecified atom stereocenters. The second-order valence-corrected chi connectivity index (χ2v) is 8.51. The van der Waals surface area contributed by atoms with E-state index < -0.39 is 0 Å². The Morgan fingerprint density at radius 3 is 2.59 bits per heavy atom. The van der Waals surface area contributed by atoms with Crippen molar-refractivity contribution in [1.29, 1.82) is 0 Å². The van der Waals surface area contributed by atoms with Crippen LogP contribution in [-0.4, -0.2) is 58.0 Å². The lowest BCUT2D eigenvalue weighted by molar-refractivity contribution is -0.138. The zero-order valence-corrected chi connectivity index (χ0v) is 18.0. The molecule has 2 aromatic rings. The lowest BCUT2D eigenvalue weighted by Crippen LogP contribution is -2.40. The average molecular weight is 434 g/mol. The molecule has 5 heterocycles. The summed E-state index contributed by atoms with van der Waals surface area (Å²) in [4.78, 5) is 37.7. The molecule has 32 heavy (non-hydrogen) atoms. The molecule has 0 radical (unpaired) electrons. The highest BCUT2D eigenvalue weighted by Crippen LogP contribution is 2.26. The van der Waals surface area contributed by atoms with Crippen molar-refractivity contribution in [3.63, 3.8) is 0 Å². The van der Waals surface area contributed by atoms with Crippen LogP contribution in [0.4, 0.5) is 10.5 Å². The third-order valence-corrected chi connectivity index (χ3v) is 6.45. The summed E-state index contributed by atoms with van der Waals surface area (Å²) in [6.45, 7) is 3.85. The van der Waals surface area contributed by atoms with Gasteiger partial charge in [-0.25, -0.2) is 4.79 Å². The van der Waals surface area contributed by atoms with Gasteiger partial charge in [0.15, 0.2) is 0 Å². The molecule has 8 heteroatoms. The van der Waals surface area contributed by atoms with Crippen LogP contribution < -0.4 is 5.32 Å². The first-order chi connectivity index (χ1) is 15.7. The number of pyridine rings is 2. The molecule has 0 saturated carbocycles. The Morgan fingerprint density at radius 1 is 1.03 bits per heavy atom. The lowest BCUT2D eigenvalue weighted by Gasteiger charge is -2.31. The maximum Gasteiger partial charge on any atom is 0.322 e. The summed E-state index contributed by atoms with van der Waals surface area (Å²) in [5.41, 5.74) is 4.92. The van der Waals surface area contributed by atoms with Crippen molar-refractivity contribution in [3.8, 4) is 0 Å². The van der Waals surface area contributed by atoms with Crippen LogP contribution in [0.3, 0.4) is 0 Å². The van der Waals surface area contributed by atoms with Gasteiger partial charge in [-0.15, -0.1) is 0 Å². The van der Waals surface area contributed by atoms with Crippen LogP contribution in [0.15, 0.2) is 42.9 Å². The Kier molecular flexibility index (Phi) is 5.85. The normalized spacial score (nSPS) is 18.8. The van der Waals surface area contributed by atoms with Crippen LogP contribution in [0, 0.1) is 5.92 Å². The number of hydrogen-bond acceptors (Lipinski definition) is 5. The van der Waals surface area contributed by atoms with Gasteiger partial charge in [0.05, 0.1) is 17.6 Å². The Morgan fingerprint density at radius 2 is 1.88 bits per heavy atom. The highest BCUT2D eigenvalue weighted by Gasteiger charge is 2.28. The third kappa shape index (κ3) is 4.36. The maximum absolute atomic E-state index is 12.7. The number of ether oxygens (including phenoxy) is 1. The van der Waals surface area contributed by atoms with Crippen LogP contribution in [0.25, 0.3) is 5.57 Å². The Bertz CT molecular complexity index is 1010. The van der Waals surface area contributed by atoms with Gasteiger partial charge in [-0.05, 0) is 54.2 Å². The molecule has 0 atom stereocenters. The van der Waals surface area contributed by atoms with Gasteiger partial charge in [-0.2, -0.15) is 0 Å². The molecular weight excluding hydrogens is 406 g/mol. The molecule has 3 amide bonds. The fourth-order valence-corrected chi connectivity index (χ4v) is 4.53. The van der Waals surface area contributed by atoms with E-state index in [2.05, 4.69) is 21.4 Å². The van der Waals surface area contributed by atoms with Gasteiger partial charge in [-0.1, -0.05) is 6.08 Å². The molecular formula is C24H27N5O3. The maximum atomic E-state index is 12.7. The van der Waals surface area contributed by atoms with Crippen molar-refractivity contribution in [2.24, 2.45) is 5.92 Å². The number of anilines is 1. The van der Waals surface area contributed by atoms with Crippen LogP contribution in [0.1, 0.15) is 36.1 Å². The van der Waals surface area contributed by atoms with E-state index in [1.807, 2.05) is 29.3 Å². The first-order valence-corrected chi connectivity index (χ1v) is 11.2. The number of fused-ring (bicyclic) bond motifs is 1. The predicted octanol–water partition coefficient (Wildman–Crippen LogP) is 3.07. The summed E-state index contributed by atoms with van der Waals surface area (Å²) in [7, 11) is 0. The molecule has 0 spiro atoms. The minimum Gasteiger partial charge on any atom is -0.381 e. The fourth-order valence-electron chi connectivity index (χ4n) is 4.53. The minimum atomic E-state index is -0.144. The number of hydrogen-bond donors (Lipinski definition) is 1. The predicted molar refractivity (Wildman–Crippen MR) is 119 cm³/mol. The van der Waals surface area contributed by atoms with Crippen LogP contribution in [-0.2, 0) is 22.6 Å². The zero-order chi connectivity index (χ0) is 21.9. The number of carbonyl (C=O) groups is 2. The topological polar surface area (TPSA) is 87.7 Å². The van der Waals surface area contributed by atoms with Gasteiger partial charge in [0.1, 0.15) is 0 Å². The van der Waals surface area contributed by atoms with Crippen LogP contribution in [0.5, 0.6) is 0 Å². The van der Waals surface area contributed by atoms with E-state index in [9.17, 15) is 9.59 Å². The largest absolute Gasteiger partial charge is 0.381 e. The molecule has 1 saturated heterocycles. The van der Waals surface area contributed by atoms with E-state index in [-0.39, 0.29) is 17.9 Å². The third-order valence-electron chi connectivity index (χ3n) is 6.45. The molecule has 8 nitrogen and oxygen atoms in total. The summed E-state index contributed by atoms with van der Waals surface area (Å²) in [6, 6.07) is 5.62. The average Bonchev–Trinajstić information content (AvgIpc) is 3.29. The van der Waals surface area contributed by atoms with Crippen molar-refractivity contribution < 1.29 is 14.3 Å². The quantitative estimate of drug-likeness (QED) is 0.804. The summed E-state index contributed by atoms with van der Waals surface area (Å²) < 4.78 is 5.37. The zero-order valence-electron chi connectivity index (χ0n) is 18.0. The van der Waals surface area contributed by atoms with Crippen molar-refractivity contribution in [2.45, 2.75) is 32.4 Å². The SMILES string of the molecule is O=C(Nc1ccc(C2=CCN(C(=O)C3CCOCC3)CC2)nc1)N1Cc2ccncc2C1. The molecule has 1 N–H and O–H groups in total. The standard InChI is InChI=1S/C24H27N5O3/c30-23(18-6-11-32-12-7-18)28-9-4-17(5-10-28)22-2-1-21(14-26-22)27-24(31)29-15-19-3-8-25-13-20(19)16-29/h1-4,8,13-14,18H,5-7,9-12,15-16H2,(H,27,31). The molecule has 166 valence electrons. The van der Waals surface area contributed by atoms with Gasteiger partial charge >= 0.3 is 6.03 Å². The molecule has 0 aromatic carbocycles. The number of urea groups is 1. The summed E-state index contributed by atoms with van der Waals surface area (Å²) in [5, 5.41) is 2.93. The first kappa shape index (κ1) is 20.6. The van der Waals surface area contributed by atoms with E-state index in [1.54, 1.807) is 17.3 Å². The number of nitrogens with one attached hydrogen (secondary N) is 1. The van der Waals surface area contributed by atoms with Crippen molar-refractivity contribution in [2.75, 3.05) is 31.6 Å². The molecule has 0 aliphatic carbocycles. The van der Waals surface area contributed by atoms with Crippen molar-refractivity contribution >= 4 is 23.2 Å². The highest BCUT2D eigenvalue weighted by molar-refractivity contribution is 5.89. The monoisotopic (exact) mass is 433 g/mol. The van der Waals surface area contributed by atoms with Gasteiger partial charge in [0, 0.05) is 57.7 Å². The molecule has 3 aliphatic rings. The molecule has 0 bridgehead atoms. The number of carbonyl (C=O) groups excluding carboxylic acids is 2. The van der Waals surface area contributed by atoms with E-state index in [0.717, 1.165) is 41.7 Å². The van der Waals surface area contributed by atoms with Gasteiger partial charge in [-0.3, -0.25) is 14.8 Å². The van der Waals surface area contributed by atoms with E-state index in [4.69, 9.17) is 4.74 Å². The Hall–Kier alpha value is -3.26. The molecule has 1 fully saturated rings. The summed E-state index contributed by atoms with van der Waals surface area (Å²) in [6.07, 6.45) is 9.78. The second-order valence-electron chi connectivity index (χ2n) is 8.51. The smallest absolute Gasteiger partial charge is 0.322 e. The van der Waals surface area contributed by atoms with Crippen molar-refractivity contribution in [1.82, 2.24) is 19.8 Å². The van der Waals surface area contributed by atoms with E-state index in [0.29, 0.717) is 45.1 Å². The second kappa shape index (κ2) is 9.08. The molecule has 5 rings (SSSR count). The van der Waals surface area contributed by atoms with E-state index >= 15 is 0 Å². The molecule has 2 aromatic heterocycles. The Balaban J connectivity index is 1.16. The van der Waals surface area contributed by atoms with Crippen LogP contribution in [0.2, 0.25) is 0 Å². The first-order valence-electron chi connectivity index (χ1n) is 11.2. The lowest BCUT2D eigenvalue weighted by atomic mass is 9.97. The summed E-state index contributed by atoms with van der Waals surface area (Å²) in [5.74, 6) is 0.342. The molecule has 3 aliphatic heterocycles. The highest BCUT2D eigenvalue weighted by atomic mass is 16.5. The van der Waals surface area contributed by atoms with Crippen molar-refractivity contribution in [3.05, 3.63) is 59.7 Å². The number of nitrogens with zero attached hydrogens (tertiary/aromatic N) is 4. The number of rotatable bonds is 3. The minimum absolute atomic E-state index is 0.0967. The van der Waals surface area contributed by atoms with Gasteiger partial charge in [0.25, 0.3) is 0 Å². The van der Waals surface area contributed by atoms with Gasteiger partial charge in [0.2, 0.25) is 5.91 Å². The number of amides is 3.